The fraction of sp³-hybridized carbons (Fsp3) is 0.562. The molecule has 4 atom stereocenters. The summed E-state index contributed by atoms with van der Waals surface area (Å²) in [5, 5.41) is 49.3. The maximum Gasteiger partial charge on any atom is 0.407 e. The van der Waals surface area contributed by atoms with Crippen LogP contribution in [0.3, 0.4) is 0 Å². The lowest BCUT2D eigenvalue weighted by Crippen LogP contribution is -2.72. The third-order valence-corrected chi connectivity index (χ3v) is 9.23. The second-order valence-electron chi connectivity index (χ2n) is 14.6. The van der Waals surface area contributed by atoms with Gasteiger partial charge in [-0.1, -0.05) is 34.6 Å². The van der Waals surface area contributed by atoms with Gasteiger partial charge in [0.25, 0.3) is 5.91 Å². The first-order valence-electron chi connectivity index (χ1n) is 14.6. The molecule has 45 heavy (non-hydrogen) atoms. The maximum atomic E-state index is 14.5. The molecule has 246 valence electrons. The Hall–Kier alpha value is -4.10. The Morgan fingerprint density at radius 3 is 2.22 bits per heavy atom. The summed E-state index contributed by atoms with van der Waals surface area (Å²) in [6, 6.07) is 0.434. The van der Waals surface area contributed by atoms with Crippen molar-refractivity contribution in [1.82, 2.24) is 10.2 Å². The zero-order valence-electron chi connectivity index (χ0n) is 27.3. The van der Waals surface area contributed by atoms with E-state index in [1.807, 2.05) is 20.8 Å². The van der Waals surface area contributed by atoms with Crippen LogP contribution in [0.4, 0.5) is 10.5 Å². The monoisotopic (exact) mass is 628 g/mol. The molecule has 0 bridgehead atoms. The van der Waals surface area contributed by atoms with Gasteiger partial charge in [-0.3, -0.25) is 19.3 Å². The maximum absolute atomic E-state index is 14.5. The Labute approximate surface area is 262 Å². The fourth-order valence-corrected chi connectivity index (χ4v) is 7.46. The van der Waals surface area contributed by atoms with Crippen molar-refractivity contribution in [2.45, 2.75) is 65.6 Å². The van der Waals surface area contributed by atoms with Crippen molar-refractivity contribution in [3.63, 3.8) is 0 Å². The first-order valence-corrected chi connectivity index (χ1v) is 14.6. The number of likely N-dealkylation sites (N-methyl/N-ethyl adjacent to an activating group) is 1. The molecule has 7 N–H and O–H groups in total. The van der Waals surface area contributed by atoms with Crippen LogP contribution in [0.15, 0.2) is 23.0 Å². The highest BCUT2D eigenvalue weighted by Crippen LogP contribution is 2.63. The third-order valence-electron chi connectivity index (χ3n) is 9.23. The molecule has 1 fully saturated rings. The summed E-state index contributed by atoms with van der Waals surface area (Å²) in [4.78, 5) is 56.0. The fourth-order valence-electron chi connectivity index (χ4n) is 7.46. The minimum absolute atomic E-state index is 0.0660. The van der Waals surface area contributed by atoms with Gasteiger partial charge in [0.2, 0.25) is 5.78 Å². The van der Waals surface area contributed by atoms with Gasteiger partial charge in [0.15, 0.2) is 11.4 Å². The van der Waals surface area contributed by atoms with Crippen LogP contribution in [-0.2, 0) is 32.1 Å². The molecular formula is C32H44N4O9. The number of fused-ring (bicyclic) bond motifs is 3. The average Bonchev–Trinajstić information content (AvgIpc) is 2.88. The summed E-state index contributed by atoms with van der Waals surface area (Å²) in [6.45, 7) is 8.92. The Morgan fingerprint density at radius 2 is 1.71 bits per heavy atom. The summed E-state index contributed by atoms with van der Waals surface area (Å²) in [6.07, 6.45) is -0.687. The molecule has 1 aromatic rings. The summed E-state index contributed by atoms with van der Waals surface area (Å²) >= 11 is 0. The lowest BCUT2D eigenvalue weighted by Gasteiger charge is -2.59. The predicted octanol–water partition coefficient (Wildman–Crippen LogP) is 2.08. The second-order valence-corrected chi connectivity index (χ2v) is 14.6. The molecule has 1 aromatic carbocycles. The number of aliphatic hydroxyl groups excluding tert-OH is 2. The molecule has 0 radical (unpaired) electrons. The van der Waals surface area contributed by atoms with E-state index >= 15 is 0 Å². The molecule has 3 aliphatic rings. The second kappa shape index (κ2) is 10.8. The summed E-state index contributed by atoms with van der Waals surface area (Å²) in [7, 11) is 6.64. The van der Waals surface area contributed by atoms with Crippen molar-refractivity contribution in [2.24, 2.45) is 22.0 Å². The van der Waals surface area contributed by atoms with Crippen LogP contribution >= 0.6 is 0 Å². The lowest BCUT2D eigenvalue weighted by molar-refractivity contribution is -0.175. The van der Waals surface area contributed by atoms with Crippen molar-refractivity contribution in [3.05, 3.63) is 39.7 Å². The standard InChI is InChI=1S/C32H44N4O9/c1-29(2,3)14-45-28(43)34-12-15-10-17(35(6)7)16-11-30(4)13-31(5)24(36(8)9)23(39)19(27(33)42)25(40)32(31,44)26(41)20(30)22(38)18(16)21(15)37/h10,24,37-38,40,44H,11-14H2,1-9H3,(H2,33,42)(H,34,43)/t24-,30+,31+,32-/m1/s1. The van der Waals surface area contributed by atoms with Crippen LogP contribution in [0.1, 0.15) is 57.7 Å². The number of ether oxygens (including phenoxy) is 1. The van der Waals surface area contributed by atoms with Gasteiger partial charge in [0.05, 0.1) is 18.2 Å². The molecule has 0 spiro atoms. The van der Waals surface area contributed by atoms with Gasteiger partial charge in [0, 0.05) is 48.3 Å². The van der Waals surface area contributed by atoms with Gasteiger partial charge in [-0.2, -0.15) is 0 Å². The number of hydrogen-bond donors (Lipinski definition) is 6. The molecular weight excluding hydrogens is 584 g/mol. The zero-order valence-corrected chi connectivity index (χ0v) is 27.3. The van der Waals surface area contributed by atoms with E-state index in [2.05, 4.69) is 5.32 Å². The molecule has 0 unspecified atom stereocenters. The van der Waals surface area contributed by atoms with Gasteiger partial charge >= 0.3 is 6.09 Å². The van der Waals surface area contributed by atoms with Crippen molar-refractivity contribution in [1.29, 1.82) is 0 Å². The number of carbonyl (C=O) groups excluding carboxylic acids is 4. The van der Waals surface area contributed by atoms with E-state index in [1.54, 1.807) is 46.1 Å². The molecule has 0 heterocycles. The SMILES string of the molecule is CN(C)c1cc(CNC(=O)OCC(C)(C)C)c(O)c2c1C[C@@]1(C)C[C@@]3(C)[C@H](N(C)C)C(=O)C(C(N)=O)=C(O)[C@@]3(O)C(=O)C1=C2O. The number of nitrogens with two attached hydrogens (primary N) is 1. The molecule has 13 heteroatoms. The molecule has 13 nitrogen and oxygen atoms in total. The Morgan fingerprint density at radius 1 is 1.11 bits per heavy atom. The number of primary amides is 1. The van der Waals surface area contributed by atoms with Crippen molar-refractivity contribution < 1.29 is 44.3 Å². The number of phenolic OH excluding ortho intramolecular Hbond substituents is 1. The number of benzene rings is 1. The molecule has 3 aliphatic carbocycles. The van der Waals surface area contributed by atoms with E-state index in [0.29, 0.717) is 11.3 Å². The van der Waals surface area contributed by atoms with Crippen LogP contribution in [0.25, 0.3) is 5.76 Å². The van der Waals surface area contributed by atoms with Crippen LogP contribution < -0.4 is 16.0 Å². The van der Waals surface area contributed by atoms with Crippen LogP contribution in [0.5, 0.6) is 5.75 Å². The molecule has 0 aromatic heterocycles. The van der Waals surface area contributed by atoms with E-state index in [9.17, 15) is 39.6 Å². The van der Waals surface area contributed by atoms with Crippen LogP contribution in [-0.4, -0.2) is 95.3 Å². The minimum Gasteiger partial charge on any atom is -0.508 e. The van der Waals surface area contributed by atoms with Gasteiger partial charge in [-0.05, 0) is 44.0 Å². The number of aromatic hydroxyl groups is 1. The summed E-state index contributed by atoms with van der Waals surface area (Å²) in [5.74, 6) is -5.43. The minimum atomic E-state index is -2.81. The first kappa shape index (κ1) is 33.8. The number of nitrogens with one attached hydrogen (secondary N) is 1. The Kier molecular flexibility index (Phi) is 8.08. The van der Waals surface area contributed by atoms with Gasteiger partial charge in [0.1, 0.15) is 22.8 Å². The smallest absolute Gasteiger partial charge is 0.407 e. The van der Waals surface area contributed by atoms with Gasteiger partial charge in [-0.15, -0.1) is 0 Å². The number of phenols is 1. The van der Waals surface area contributed by atoms with Crippen LogP contribution in [0, 0.1) is 16.2 Å². The highest BCUT2D eigenvalue weighted by Gasteiger charge is 2.72. The number of anilines is 1. The van der Waals surface area contributed by atoms with Gasteiger partial charge < -0.3 is 41.1 Å². The molecule has 1 saturated carbocycles. The number of alkyl carbamates (subject to hydrolysis) is 1. The highest BCUT2D eigenvalue weighted by atomic mass is 16.5. The summed E-state index contributed by atoms with van der Waals surface area (Å²) in [5.41, 5.74) is -0.387. The molecule has 2 amide bonds. The van der Waals surface area contributed by atoms with E-state index in [4.69, 9.17) is 10.5 Å². The van der Waals surface area contributed by atoms with Crippen LogP contribution in [0.2, 0.25) is 0 Å². The normalized spacial score (nSPS) is 28.0. The van der Waals surface area contributed by atoms with E-state index in [0.717, 1.165) is 0 Å². The lowest BCUT2D eigenvalue weighted by atomic mass is 9.46. The largest absolute Gasteiger partial charge is 0.508 e. The topological polar surface area (TPSA) is 203 Å². The molecule has 0 saturated heterocycles. The van der Waals surface area contributed by atoms with E-state index in [1.165, 1.54) is 11.8 Å². The first-order chi connectivity index (χ1) is 20.5. The number of ketones is 2. The Bertz CT molecular complexity index is 1570. The van der Waals surface area contributed by atoms with Crippen molar-refractivity contribution in [2.75, 3.05) is 39.7 Å². The van der Waals surface area contributed by atoms with E-state index in [-0.39, 0.29) is 48.1 Å². The number of carbonyl (C=O) groups is 4. The zero-order chi connectivity index (χ0) is 34.2. The summed E-state index contributed by atoms with van der Waals surface area (Å²) < 4.78 is 5.26. The Balaban J connectivity index is 1.92. The van der Waals surface area contributed by atoms with Crippen molar-refractivity contribution >= 4 is 35.0 Å². The predicted molar refractivity (Wildman–Crippen MR) is 165 cm³/mol. The number of amides is 2. The average molecular weight is 629 g/mol. The van der Waals surface area contributed by atoms with E-state index < -0.39 is 68.9 Å². The van der Waals surface area contributed by atoms with Crippen molar-refractivity contribution in [3.8, 4) is 5.75 Å². The van der Waals surface area contributed by atoms with Gasteiger partial charge in [-0.25, -0.2) is 4.79 Å². The number of Topliss-reactive ketones (excluding diaryl/α,β-unsaturated/α-hetero) is 2. The number of hydrogen-bond acceptors (Lipinski definition) is 11. The molecule has 4 rings (SSSR count). The third kappa shape index (κ3) is 5.02. The number of aliphatic hydroxyl groups is 3. The quantitative estimate of drug-likeness (QED) is 0.252. The number of nitrogens with zero attached hydrogens (tertiary/aromatic N) is 2. The highest BCUT2D eigenvalue weighted by molar-refractivity contribution is 6.25. The molecule has 0 aliphatic heterocycles. The number of rotatable bonds is 6.